The zero-order valence-electron chi connectivity index (χ0n) is 18.9. The fourth-order valence-corrected chi connectivity index (χ4v) is 8.16. The third-order valence-corrected chi connectivity index (χ3v) is 10.5. The number of aliphatic imine (C=N–C) groups is 2. The summed E-state index contributed by atoms with van der Waals surface area (Å²) in [7, 11) is 0. The van der Waals surface area contributed by atoms with E-state index in [-0.39, 0.29) is 9.49 Å². The molecule has 0 amide bonds. The van der Waals surface area contributed by atoms with Gasteiger partial charge in [0.1, 0.15) is 10.1 Å². The minimum Gasteiger partial charge on any atom is -0.244 e. The molecule has 0 bridgehead atoms. The van der Waals surface area contributed by atoms with Crippen LogP contribution in [0.2, 0.25) is 0 Å². The van der Waals surface area contributed by atoms with Gasteiger partial charge in [0.05, 0.1) is 20.9 Å². The number of rotatable bonds is 2. The first-order chi connectivity index (χ1) is 16.6. The molecule has 4 heteroatoms. The van der Waals surface area contributed by atoms with Crippen LogP contribution in [0, 0.1) is 0 Å². The van der Waals surface area contributed by atoms with Crippen molar-refractivity contribution in [3.8, 4) is 11.1 Å². The van der Waals surface area contributed by atoms with E-state index < -0.39 is 0 Å². The highest BCUT2D eigenvalue weighted by Crippen LogP contribution is 2.61. The fourth-order valence-electron chi connectivity index (χ4n) is 5.26. The summed E-state index contributed by atoms with van der Waals surface area (Å²) in [6.07, 6.45) is 0. The van der Waals surface area contributed by atoms with E-state index in [1.54, 1.807) is 0 Å². The molecule has 2 atom stereocenters. The van der Waals surface area contributed by atoms with Gasteiger partial charge in [0.2, 0.25) is 0 Å². The Balaban J connectivity index is 1.58. The molecule has 0 fully saturated rings. The Morgan fingerprint density at radius 2 is 1.00 bits per heavy atom. The Morgan fingerprint density at radius 1 is 0.500 bits per heavy atom. The molecule has 7 rings (SSSR count). The predicted molar refractivity (Wildman–Crippen MR) is 147 cm³/mol. The largest absolute Gasteiger partial charge is 0.244 e. The van der Waals surface area contributed by atoms with Gasteiger partial charge in [0.15, 0.2) is 0 Å². The fraction of sp³-hybridized carbons (Fsp3) is 0.133. The second-order valence-corrected chi connectivity index (χ2v) is 12.1. The van der Waals surface area contributed by atoms with Crippen molar-refractivity contribution in [3.05, 3.63) is 119 Å². The van der Waals surface area contributed by atoms with Gasteiger partial charge in [-0.05, 0) is 31.0 Å². The topological polar surface area (TPSA) is 24.7 Å². The lowest BCUT2D eigenvalue weighted by atomic mass is 9.82. The highest BCUT2D eigenvalue weighted by Gasteiger charge is 2.59. The van der Waals surface area contributed by atoms with E-state index in [9.17, 15) is 0 Å². The van der Waals surface area contributed by atoms with Crippen molar-refractivity contribution in [2.75, 3.05) is 0 Å². The second-order valence-electron chi connectivity index (χ2n) is 9.28. The van der Waals surface area contributed by atoms with Crippen LogP contribution < -0.4 is 10.4 Å². The molecule has 0 aromatic heterocycles. The van der Waals surface area contributed by atoms with Crippen molar-refractivity contribution in [2.45, 2.75) is 23.3 Å². The monoisotopic (exact) mass is 474 g/mol. The molecule has 164 valence electrons. The Bertz CT molecular complexity index is 1620. The molecular weight excluding hydrogens is 452 g/mol. The summed E-state index contributed by atoms with van der Waals surface area (Å²) in [6.45, 7) is 4.72. The summed E-state index contributed by atoms with van der Waals surface area (Å²) in [5.74, 6) is 0. The maximum absolute atomic E-state index is 5.33. The molecule has 5 aliphatic rings. The molecule has 0 unspecified atom stereocenters. The molecule has 2 aromatic rings. The Hall–Kier alpha value is -3.08. The average molecular weight is 475 g/mol. The molecule has 3 aliphatic carbocycles. The van der Waals surface area contributed by atoms with Crippen LogP contribution in [0.4, 0.5) is 0 Å². The van der Waals surface area contributed by atoms with Crippen molar-refractivity contribution in [2.24, 2.45) is 9.98 Å². The van der Waals surface area contributed by atoms with Crippen molar-refractivity contribution in [1.29, 1.82) is 0 Å². The van der Waals surface area contributed by atoms with Crippen LogP contribution in [0.5, 0.6) is 0 Å². The number of thioether (sulfide) groups is 2. The van der Waals surface area contributed by atoms with Gasteiger partial charge >= 0.3 is 0 Å². The number of hydrogen-bond donors (Lipinski definition) is 0. The average Bonchev–Trinajstić information content (AvgIpc) is 3.54. The lowest BCUT2D eigenvalue weighted by Gasteiger charge is -2.42. The van der Waals surface area contributed by atoms with E-state index >= 15 is 0 Å². The first-order valence-electron chi connectivity index (χ1n) is 11.5. The van der Waals surface area contributed by atoms with Crippen LogP contribution in [0.25, 0.3) is 22.5 Å². The molecule has 0 saturated heterocycles. The normalized spacial score (nSPS) is 25.0. The van der Waals surface area contributed by atoms with E-state index in [4.69, 9.17) is 9.98 Å². The highest BCUT2D eigenvalue weighted by atomic mass is 32.2. The SMILES string of the molecule is C[C@@]12SC(c3ccccc3)=NC1=c1ccc3cccc-3cc1=C1N=C(c3ccccc3)S[C@]12C. The van der Waals surface area contributed by atoms with Gasteiger partial charge in [0, 0.05) is 21.6 Å². The van der Waals surface area contributed by atoms with Crippen LogP contribution in [0.3, 0.4) is 0 Å². The molecule has 2 heterocycles. The van der Waals surface area contributed by atoms with Gasteiger partial charge in [0.25, 0.3) is 0 Å². The minimum atomic E-state index is -0.252. The van der Waals surface area contributed by atoms with Gasteiger partial charge in [-0.2, -0.15) is 0 Å². The van der Waals surface area contributed by atoms with Gasteiger partial charge < -0.3 is 0 Å². The Labute approximate surface area is 207 Å². The summed E-state index contributed by atoms with van der Waals surface area (Å²) in [6, 6.07) is 34.4. The minimum absolute atomic E-state index is 0.246. The zero-order chi connectivity index (χ0) is 22.9. The third-order valence-electron chi connectivity index (χ3n) is 7.30. The van der Waals surface area contributed by atoms with Crippen LogP contribution in [-0.4, -0.2) is 19.6 Å². The lowest BCUT2D eigenvalue weighted by molar-refractivity contribution is 0.672. The summed E-state index contributed by atoms with van der Waals surface area (Å²) in [5, 5.41) is 4.58. The van der Waals surface area contributed by atoms with E-state index in [1.165, 1.54) is 32.7 Å². The molecule has 34 heavy (non-hydrogen) atoms. The lowest BCUT2D eigenvalue weighted by Crippen LogP contribution is -2.53. The highest BCUT2D eigenvalue weighted by molar-refractivity contribution is 8.20. The van der Waals surface area contributed by atoms with Gasteiger partial charge in [-0.1, -0.05) is 115 Å². The van der Waals surface area contributed by atoms with Crippen LogP contribution in [-0.2, 0) is 0 Å². The predicted octanol–water partition coefficient (Wildman–Crippen LogP) is 5.93. The van der Waals surface area contributed by atoms with Crippen molar-refractivity contribution >= 4 is 45.0 Å². The van der Waals surface area contributed by atoms with Crippen molar-refractivity contribution in [3.63, 3.8) is 0 Å². The van der Waals surface area contributed by atoms with Crippen LogP contribution in [0.15, 0.2) is 107 Å². The first kappa shape index (κ1) is 20.3. The Morgan fingerprint density at radius 3 is 1.59 bits per heavy atom. The molecule has 2 aliphatic heterocycles. The second kappa shape index (κ2) is 7.21. The standard InChI is InChI=1S/C30H22N2S2/c1-29-25(31-27(33-29)20-10-5-3-6-11-20)23-17-16-19-14-9-15-22(19)18-24(23)26-30(29,2)34-28(32-26)21-12-7-4-8-13-21/h3-18H,1-2H3/t29-,30-/m1/s1. The molecule has 2 nitrogen and oxygen atoms in total. The van der Waals surface area contributed by atoms with Crippen LogP contribution in [0.1, 0.15) is 25.0 Å². The smallest absolute Gasteiger partial charge is 0.105 e. The summed E-state index contributed by atoms with van der Waals surface area (Å²) >= 11 is 3.78. The summed E-state index contributed by atoms with van der Waals surface area (Å²) < 4.78 is -0.498. The number of nitrogens with zero attached hydrogens (tertiary/aromatic N) is 2. The summed E-state index contributed by atoms with van der Waals surface area (Å²) in [4.78, 5) is 10.7. The van der Waals surface area contributed by atoms with E-state index in [1.807, 2.05) is 23.5 Å². The van der Waals surface area contributed by atoms with E-state index in [0.717, 1.165) is 21.5 Å². The molecule has 2 aromatic carbocycles. The maximum Gasteiger partial charge on any atom is 0.105 e. The van der Waals surface area contributed by atoms with Gasteiger partial charge in [-0.15, -0.1) is 0 Å². The summed E-state index contributed by atoms with van der Waals surface area (Å²) in [5.41, 5.74) is 7.16. The number of fused-ring (bicyclic) bond motifs is 5. The number of benzene rings is 2. The number of hydrogen-bond acceptors (Lipinski definition) is 4. The van der Waals surface area contributed by atoms with E-state index in [0.29, 0.717) is 0 Å². The first-order valence-corrected chi connectivity index (χ1v) is 13.1. The third kappa shape index (κ3) is 2.73. The molecular formula is C30H22N2S2. The molecule has 0 radical (unpaired) electrons. The molecule has 0 saturated carbocycles. The van der Waals surface area contributed by atoms with Gasteiger partial charge in [-0.25, -0.2) is 9.98 Å². The van der Waals surface area contributed by atoms with Gasteiger partial charge in [-0.3, -0.25) is 0 Å². The van der Waals surface area contributed by atoms with E-state index in [2.05, 4.69) is 111 Å². The Kier molecular flexibility index (Phi) is 4.31. The van der Waals surface area contributed by atoms with Crippen LogP contribution >= 0.6 is 23.5 Å². The van der Waals surface area contributed by atoms with Crippen molar-refractivity contribution in [1.82, 2.24) is 0 Å². The van der Waals surface area contributed by atoms with Crippen molar-refractivity contribution < 1.29 is 0 Å². The maximum atomic E-state index is 5.33. The molecule has 0 spiro atoms. The zero-order valence-corrected chi connectivity index (χ0v) is 20.6. The molecule has 0 N–H and O–H groups in total. The quantitative estimate of drug-likeness (QED) is 0.360.